The lowest BCUT2D eigenvalue weighted by Gasteiger charge is -2.23. The van der Waals surface area contributed by atoms with E-state index in [1.54, 1.807) is 4.90 Å². The van der Waals surface area contributed by atoms with Crippen molar-refractivity contribution in [1.82, 2.24) is 4.90 Å². The number of benzene rings is 1. The fraction of sp³-hybridized carbons (Fsp3) is 0.731. The molecule has 0 aliphatic heterocycles. The van der Waals surface area contributed by atoms with E-state index in [-0.39, 0.29) is 32.1 Å². The third kappa shape index (κ3) is 17.6. The van der Waals surface area contributed by atoms with Gasteiger partial charge in [-0.3, -0.25) is 9.32 Å². The van der Waals surface area contributed by atoms with E-state index in [9.17, 15) is 9.36 Å². The van der Waals surface area contributed by atoms with Crippen LogP contribution < -0.4 is 4.74 Å². The lowest BCUT2D eigenvalue weighted by Crippen LogP contribution is -2.35. The minimum atomic E-state index is -4.56. The molecular formula is C26H46NO7P. The van der Waals surface area contributed by atoms with Gasteiger partial charge in [0, 0.05) is 26.1 Å². The van der Waals surface area contributed by atoms with Gasteiger partial charge in [-0.1, -0.05) is 64.0 Å². The maximum absolute atomic E-state index is 12.8. The Morgan fingerprint density at radius 3 is 2.29 bits per heavy atom. The molecule has 1 rings (SSSR count). The topological polar surface area (TPSA) is 117 Å². The standard InChI is InChI=1S/C26H46NO7P/c1-2-3-4-5-6-7-8-12-21-33-25-15-13-14-24(23-25)16-17-26(29)27(18-10-9-11-20-28)19-22-34-35(30,31)32/h13-15,23,28H,2-12,16-22H2,1H3,(H2,30,31,32). The number of aliphatic hydroxyl groups is 1. The van der Waals surface area contributed by atoms with Crippen LogP contribution in [0.2, 0.25) is 0 Å². The van der Waals surface area contributed by atoms with Crippen LogP contribution in [0.15, 0.2) is 24.3 Å². The van der Waals surface area contributed by atoms with Gasteiger partial charge >= 0.3 is 7.82 Å². The second-order valence-corrected chi connectivity index (χ2v) is 10.2. The molecule has 1 amide bonds. The number of phosphoric acid groups is 1. The molecule has 0 bridgehead atoms. The first-order valence-corrected chi connectivity index (χ1v) is 14.7. The first kappa shape index (κ1) is 31.6. The van der Waals surface area contributed by atoms with E-state index in [0.717, 1.165) is 24.2 Å². The molecule has 35 heavy (non-hydrogen) atoms. The van der Waals surface area contributed by atoms with Gasteiger partial charge in [-0.05, 0) is 49.8 Å². The summed E-state index contributed by atoms with van der Waals surface area (Å²) in [6, 6.07) is 7.81. The van der Waals surface area contributed by atoms with Crippen molar-refractivity contribution in [3.63, 3.8) is 0 Å². The molecule has 0 saturated carbocycles. The summed E-state index contributed by atoms with van der Waals surface area (Å²) >= 11 is 0. The number of carbonyl (C=O) groups is 1. The van der Waals surface area contributed by atoms with Crippen molar-refractivity contribution in [2.45, 2.75) is 90.4 Å². The fourth-order valence-corrected chi connectivity index (χ4v) is 4.17. The fourth-order valence-electron chi connectivity index (χ4n) is 3.85. The highest BCUT2D eigenvalue weighted by Crippen LogP contribution is 2.35. The molecular weight excluding hydrogens is 469 g/mol. The molecule has 0 aromatic heterocycles. The Bertz CT molecular complexity index is 725. The summed E-state index contributed by atoms with van der Waals surface area (Å²) < 4.78 is 21.3. The van der Waals surface area contributed by atoms with Gasteiger partial charge in [0.2, 0.25) is 5.91 Å². The van der Waals surface area contributed by atoms with Crippen molar-refractivity contribution in [1.29, 1.82) is 0 Å². The van der Waals surface area contributed by atoms with Crippen LogP contribution in [0.5, 0.6) is 5.75 Å². The number of aliphatic hydroxyl groups excluding tert-OH is 1. The summed E-state index contributed by atoms with van der Waals surface area (Å²) in [7, 11) is -4.56. The summed E-state index contributed by atoms with van der Waals surface area (Å²) in [6.07, 6.45) is 13.0. The highest BCUT2D eigenvalue weighted by Gasteiger charge is 2.17. The highest BCUT2D eigenvalue weighted by molar-refractivity contribution is 7.46. The number of hydrogen-bond acceptors (Lipinski definition) is 5. The van der Waals surface area contributed by atoms with Gasteiger partial charge in [-0.2, -0.15) is 0 Å². The van der Waals surface area contributed by atoms with E-state index in [2.05, 4.69) is 11.4 Å². The molecule has 0 aliphatic rings. The van der Waals surface area contributed by atoms with E-state index in [1.807, 2.05) is 24.3 Å². The van der Waals surface area contributed by atoms with E-state index in [1.165, 1.54) is 44.9 Å². The number of amides is 1. The number of carbonyl (C=O) groups excluding carboxylic acids is 1. The number of ether oxygens (including phenoxy) is 1. The van der Waals surface area contributed by atoms with Crippen molar-refractivity contribution >= 4 is 13.7 Å². The number of unbranched alkanes of at least 4 members (excludes halogenated alkanes) is 9. The normalized spacial score (nSPS) is 11.5. The zero-order valence-corrected chi connectivity index (χ0v) is 22.3. The molecule has 0 fully saturated rings. The van der Waals surface area contributed by atoms with Crippen molar-refractivity contribution < 1.29 is 33.5 Å². The van der Waals surface area contributed by atoms with Crippen LogP contribution in [-0.4, -0.2) is 58.6 Å². The largest absolute Gasteiger partial charge is 0.494 e. The lowest BCUT2D eigenvalue weighted by atomic mass is 10.1. The predicted octanol–water partition coefficient (Wildman–Crippen LogP) is 5.24. The van der Waals surface area contributed by atoms with Crippen LogP contribution >= 0.6 is 7.82 Å². The zero-order valence-electron chi connectivity index (χ0n) is 21.4. The minimum Gasteiger partial charge on any atom is -0.494 e. The molecule has 9 heteroatoms. The summed E-state index contributed by atoms with van der Waals surface area (Å²) in [5.74, 6) is 0.724. The van der Waals surface area contributed by atoms with Gasteiger partial charge in [-0.15, -0.1) is 0 Å². The minimum absolute atomic E-state index is 0.0893. The predicted molar refractivity (Wildman–Crippen MR) is 138 cm³/mol. The molecule has 0 heterocycles. The second-order valence-electron chi connectivity index (χ2n) is 8.96. The smallest absolute Gasteiger partial charge is 0.469 e. The third-order valence-electron chi connectivity index (χ3n) is 5.85. The summed E-state index contributed by atoms with van der Waals surface area (Å²) in [5, 5.41) is 8.94. The van der Waals surface area contributed by atoms with E-state index >= 15 is 0 Å². The molecule has 202 valence electrons. The van der Waals surface area contributed by atoms with Gasteiger partial charge < -0.3 is 24.5 Å². The number of aryl methyl sites for hydroxylation is 1. The lowest BCUT2D eigenvalue weighted by molar-refractivity contribution is -0.131. The van der Waals surface area contributed by atoms with E-state index in [0.29, 0.717) is 32.4 Å². The van der Waals surface area contributed by atoms with Crippen molar-refractivity contribution in [3.05, 3.63) is 29.8 Å². The van der Waals surface area contributed by atoms with Gasteiger partial charge in [-0.25, -0.2) is 4.57 Å². The van der Waals surface area contributed by atoms with Crippen LogP contribution in [0.3, 0.4) is 0 Å². The Kier molecular flexibility index (Phi) is 17.8. The Balaban J connectivity index is 2.40. The molecule has 1 aromatic rings. The number of rotatable bonds is 22. The second kappa shape index (κ2) is 19.7. The summed E-state index contributed by atoms with van der Waals surface area (Å²) in [5.41, 5.74) is 1.01. The molecule has 8 nitrogen and oxygen atoms in total. The first-order chi connectivity index (χ1) is 16.9. The van der Waals surface area contributed by atoms with Crippen molar-refractivity contribution in [3.8, 4) is 5.75 Å². The molecule has 0 aliphatic carbocycles. The SMILES string of the molecule is CCCCCCCCCCOc1cccc(CCC(=O)N(CCCCCO)CCOP(=O)(O)O)c1. The molecule has 1 aromatic carbocycles. The summed E-state index contributed by atoms with van der Waals surface area (Å²) in [4.78, 5) is 32.1. The van der Waals surface area contributed by atoms with Crippen LogP contribution in [0.25, 0.3) is 0 Å². The molecule has 0 saturated heterocycles. The highest BCUT2D eigenvalue weighted by atomic mass is 31.2. The van der Waals surface area contributed by atoms with E-state index in [4.69, 9.17) is 19.6 Å². The van der Waals surface area contributed by atoms with Crippen molar-refractivity contribution in [2.75, 3.05) is 32.9 Å². The Morgan fingerprint density at radius 1 is 0.914 bits per heavy atom. The number of nitrogens with zero attached hydrogens (tertiary/aromatic N) is 1. The third-order valence-corrected chi connectivity index (χ3v) is 6.37. The average Bonchev–Trinajstić information content (AvgIpc) is 2.82. The quantitative estimate of drug-likeness (QED) is 0.143. The van der Waals surface area contributed by atoms with Crippen molar-refractivity contribution in [2.24, 2.45) is 0 Å². The molecule has 0 radical (unpaired) electrons. The van der Waals surface area contributed by atoms with Crippen LogP contribution in [0.1, 0.15) is 89.5 Å². The number of phosphoric ester groups is 1. The maximum Gasteiger partial charge on any atom is 0.469 e. The Hall–Kier alpha value is -1.44. The van der Waals surface area contributed by atoms with Gasteiger partial charge in [0.05, 0.1) is 13.2 Å². The van der Waals surface area contributed by atoms with Gasteiger partial charge in [0.15, 0.2) is 0 Å². The van der Waals surface area contributed by atoms with Crippen LogP contribution in [0.4, 0.5) is 0 Å². The van der Waals surface area contributed by atoms with Crippen LogP contribution in [0, 0.1) is 0 Å². The molecule has 0 spiro atoms. The monoisotopic (exact) mass is 515 g/mol. The molecule has 0 unspecified atom stereocenters. The van der Waals surface area contributed by atoms with Gasteiger partial charge in [0.25, 0.3) is 0 Å². The Morgan fingerprint density at radius 2 is 1.60 bits per heavy atom. The van der Waals surface area contributed by atoms with Crippen LogP contribution in [-0.2, 0) is 20.3 Å². The first-order valence-electron chi connectivity index (χ1n) is 13.2. The molecule has 0 atom stereocenters. The molecule has 3 N–H and O–H groups in total. The average molecular weight is 516 g/mol. The summed E-state index contributed by atoms with van der Waals surface area (Å²) in [6.45, 7) is 3.38. The van der Waals surface area contributed by atoms with Gasteiger partial charge in [0.1, 0.15) is 5.75 Å². The zero-order chi connectivity index (χ0) is 25.8. The van der Waals surface area contributed by atoms with E-state index < -0.39 is 7.82 Å². The Labute approximate surface area is 211 Å². The maximum atomic E-state index is 12.8. The number of hydrogen-bond donors (Lipinski definition) is 3.